The molecule has 29 heavy (non-hydrogen) atoms. The summed E-state index contributed by atoms with van der Waals surface area (Å²) >= 11 is 7.60. The number of anilines is 1. The lowest BCUT2D eigenvalue weighted by Crippen LogP contribution is -2.37. The third-order valence-corrected chi connectivity index (χ3v) is 8.76. The van der Waals surface area contributed by atoms with Crippen LogP contribution in [0, 0.1) is 0 Å². The Hall–Kier alpha value is -1.54. The van der Waals surface area contributed by atoms with E-state index in [1.54, 1.807) is 27.4 Å². The lowest BCUT2D eigenvalue weighted by molar-refractivity contribution is -0.116. The molecule has 1 saturated heterocycles. The highest BCUT2D eigenvalue weighted by Gasteiger charge is 2.29. The summed E-state index contributed by atoms with van der Waals surface area (Å²) in [6.07, 6.45) is 3.42. The third-order valence-electron chi connectivity index (χ3n) is 5.36. The van der Waals surface area contributed by atoms with Crippen molar-refractivity contribution in [3.05, 3.63) is 53.1 Å². The Kier molecular flexibility index (Phi) is 6.20. The molecule has 154 valence electrons. The van der Waals surface area contributed by atoms with Gasteiger partial charge in [-0.3, -0.25) is 4.79 Å². The fourth-order valence-electron chi connectivity index (χ4n) is 3.85. The Morgan fingerprint density at radius 1 is 1.03 bits per heavy atom. The second kappa shape index (κ2) is 8.68. The van der Waals surface area contributed by atoms with Gasteiger partial charge in [-0.15, -0.1) is 11.8 Å². The number of thioether (sulfide) groups is 1. The molecule has 0 N–H and O–H groups in total. The smallest absolute Gasteiger partial charge is 0.243 e. The minimum atomic E-state index is -3.45. The topological polar surface area (TPSA) is 57.7 Å². The fourth-order valence-corrected chi connectivity index (χ4v) is 6.53. The maximum atomic E-state index is 12.9. The molecule has 0 unspecified atom stereocenters. The molecular formula is C21H23ClN2O3S2. The van der Waals surface area contributed by atoms with Crippen LogP contribution in [-0.2, 0) is 21.2 Å². The van der Waals surface area contributed by atoms with E-state index >= 15 is 0 Å². The number of amides is 1. The van der Waals surface area contributed by atoms with Crippen LogP contribution in [0.15, 0.2) is 52.3 Å². The van der Waals surface area contributed by atoms with Crippen LogP contribution < -0.4 is 4.90 Å². The first-order chi connectivity index (χ1) is 14.0. The molecule has 1 fully saturated rings. The van der Waals surface area contributed by atoms with Crippen molar-refractivity contribution in [2.75, 3.05) is 30.3 Å². The van der Waals surface area contributed by atoms with Crippen molar-refractivity contribution in [3.63, 3.8) is 0 Å². The van der Waals surface area contributed by atoms with Crippen molar-refractivity contribution in [1.29, 1.82) is 0 Å². The summed E-state index contributed by atoms with van der Waals surface area (Å²) in [6, 6.07) is 12.7. The average molecular weight is 451 g/mol. The highest BCUT2D eigenvalue weighted by Crippen LogP contribution is 2.33. The largest absolute Gasteiger partial charge is 0.311 e. The van der Waals surface area contributed by atoms with Crippen LogP contribution in [0.4, 0.5) is 5.69 Å². The van der Waals surface area contributed by atoms with E-state index < -0.39 is 10.0 Å². The summed E-state index contributed by atoms with van der Waals surface area (Å²) < 4.78 is 27.3. The summed E-state index contributed by atoms with van der Waals surface area (Å²) in [4.78, 5) is 15.9. The Bertz CT molecular complexity index is 1020. The zero-order valence-corrected chi connectivity index (χ0v) is 18.4. The summed E-state index contributed by atoms with van der Waals surface area (Å²) in [7, 11) is -3.45. The SMILES string of the molecule is O=C(CSc1ccccc1Cl)N1CCCc2cc(S(=O)(=O)N3CCCC3)ccc21. The van der Waals surface area contributed by atoms with Crippen LogP contribution in [0.25, 0.3) is 0 Å². The van der Waals surface area contributed by atoms with Gasteiger partial charge in [0.15, 0.2) is 0 Å². The van der Waals surface area contributed by atoms with E-state index in [1.165, 1.54) is 11.8 Å². The van der Waals surface area contributed by atoms with Crippen LogP contribution in [0.2, 0.25) is 5.02 Å². The number of fused-ring (bicyclic) bond motifs is 1. The minimum Gasteiger partial charge on any atom is -0.311 e. The molecule has 0 aromatic heterocycles. The summed E-state index contributed by atoms with van der Waals surface area (Å²) in [5.74, 6) is 0.294. The van der Waals surface area contributed by atoms with Crippen molar-refractivity contribution < 1.29 is 13.2 Å². The molecule has 2 aromatic rings. The lowest BCUT2D eigenvalue weighted by Gasteiger charge is -2.30. The minimum absolute atomic E-state index is 0.00557. The molecule has 0 saturated carbocycles. The highest BCUT2D eigenvalue weighted by molar-refractivity contribution is 8.00. The number of hydrogen-bond acceptors (Lipinski definition) is 4. The van der Waals surface area contributed by atoms with E-state index in [4.69, 9.17) is 11.6 Å². The predicted molar refractivity (Wildman–Crippen MR) is 117 cm³/mol. The molecule has 0 radical (unpaired) electrons. The van der Waals surface area contributed by atoms with Crippen LogP contribution in [0.5, 0.6) is 0 Å². The Morgan fingerprint density at radius 2 is 1.79 bits per heavy atom. The quantitative estimate of drug-likeness (QED) is 0.640. The molecule has 2 aliphatic rings. The van der Waals surface area contributed by atoms with Gasteiger partial charge in [-0.25, -0.2) is 8.42 Å². The molecule has 0 spiro atoms. The normalized spacial score (nSPS) is 17.3. The first kappa shape index (κ1) is 20.7. The van der Waals surface area contributed by atoms with Gasteiger partial charge in [-0.05, 0) is 61.6 Å². The predicted octanol–water partition coefficient (Wildman–Crippen LogP) is 4.20. The Morgan fingerprint density at radius 3 is 2.55 bits per heavy atom. The summed E-state index contributed by atoms with van der Waals surface area (Å²) in [5.41, 5.74) is 1.74. The number of sulfonamides is 1. The molecule has 0 bridgehead atoms. The Balaban J connectivity index is 1.52. The van der Waals surface area contributed by atoms with Gasteiger partial charge in [0.05, 0.1) is 15.7 Å². The summed E-state index contributed by atoms with van der Waals surface area (Å²) in [5, 5.41) is 0.640. The van der Waals surface area contributed by atoms with E-state index in [1.807, 2.05) is 24.3 Å². The molecule has 8 heteroatoms. The van der Waals surface area contributed by atoms with Gasteiger partial charge in [-0.2, -0.15) is 4.31 Å². The van der Waals surface area contributed by atoms with Crippen molar-refractivity contribution >= 4 is 45.0 Å². The highest BCUT2D eigenvalue weighted by atomic mass is 35.5. The zero-order chi connectivity index (χ0) is 20.4. The van der Waals surface area contributed by atoms with Crippen LogP contribution in [-0.4, -0.2) is 44.0 Å². The molecule has 5 nitrogen and oxygen atoms in total. The van der Waals surface area contributed by atoms with Crippen LogP contribution in [0.3, 0.4) is 0 Å². The zero-order valence-electron chi connectivity index (χ0n) is 16.0. The van der Waals surface area contributed by atoms with Gasteiger partial charge in [-0.1, -0.05) is 23.7 Å². The third kappa shape index (κ3) is 4.33. The maximum Gasteiger partial charge on any atom is 0.243 e. The number of nitrogens with zero attached hydrogens (tertiary/aromatic N) is 2. The molecule has 2 heterocycles. The molecular weight excluding hydrogens is 428 g/mol. The van der Waals surface area contributed by atoms with E-state index in [0.717, 1.165) is 41.8 Å². The van der Waals surface area contributed by atoms with Gasteiger partial charge >= 0.3 is 0 Å². The van der Waals surface area contributed by atoms with Crippen LogP contribution >= 0.6 is 23.4 Å². The van der Waals surface area contributed by atoms with E-state index in [-0.39, 0.29) is 11.7 Å². The number of carbonyl (C=O) groups is 1. The lowest BCUT2D eigenvalue weighted by atomic mass is 10.0. The number of aryl methyl sites for hydroxylation is 1. The monoisotopic (exact) mass is 450 g/mol. The van der Waals surface area contributed by atoms with E-state index in [2.05, 4.69) is 0 Å². The van der Waals surface area contributed by atoms with Crippen molar-refractivity contribution in [3.8, 4) is 0 Å². The molecule has 0 aliphatic carbocycles. The van der Waals surface area contributed by atoms with Gasteiger partial charge in [0.25, 0.3) is 0 Å². The first-order valence-corrected chi connectivity index (χ1v) is 12.6. The maximum absolute atomic E-state index is 12.9. The standard InChI is InChI=1S/C21H23ClN2O3S2/c22-18-7-1-2-8-20(18)28-15-21(25)24-13-5-6-16-14-17(9-10-19(16)24)29(26,27)23-11-3-4-12-23/h1-2,7-10,14H,3-6,11-13,15H2. The van der Waals surface area contributed by atoms with Crippen molar-refractivity contribution in [1.82, 2.24) is 4.31 Å². The van der Waals surface area contributed by atoms with Crippen molar-refractivity contribution in [2.24, 2.45) is 0 Å². The molecule has 0 atom stereocenters. The number of hydrogen-bond donors (Lipinski definition) is 0. The molecule has 2 aromatic carbocycles. The fraction of sp³-hybridized carbons (Fsp3) is 0.381. The summed E-state index contributed by atoms with van der Waals surface area (Å²) in [6.45, 7) is 1.82. The van der Waals surface area contributed by atoms with Crippen molar-refractivity contribution in [2.45, 2.75) is 35.5 Å². The molecule has 4 rings (SSSR count). The number of carbonyl (C=O) groups excluding carboxylic acids is 1. The number of benzene rings is 2. The van der Waals surface area contributed by atoms with E-state index in [0.29, 0.717) is 29.6 Å². The first-order valence-electron chi connectivity index (χ1n) is 9.77. The van der Waals surface area contributed by atoms with Gasteiger partial charge in [0.2, 0.25) is 15.9 Å². The second-order valence-electron chi connectivity index (χ2n) is 7.27. The molecule has 1 amide bonds. The molecule has 2 aliphatic heterocycles. The average Bonchev–Trinajstić information content (AvgIpc) is 3.28. The Labute approximate surface area is 181 Å². The van der Waals surface area contributed by atoms with Gasteiger partial charge < -0.3 is 4.90 Å². The van der Waals surface area contributed by atoms with E-state index in [9.17, 15) is 13.2 Å². The number of halogens is 1. The van der Waals surface area contributed by atoms with Crippen LogP contribution in [0.1, 0.15) is 24.8 Å². The van der Waals surface area contributed by atoms with Gasteiger partial charge in [0, 0.05) is 30.2 Å². The van der Waals surface area contributed by atoms with Gasteiger partial charge in [0.1, 0.15) is 0 Å². The second-order valence-corrected chi connectivity index (χ2v) is 10.6. The number of rotatable bonds is 5.